The molecule has 1 saturated carbocycles. The van der Waals surface area contributed by atoms with Crippen LogP contribution in [0.1, 0.15) is 25.7 Å². The molecule has 2 heteroatoms. The maximum absolute atomic E-state index is 5.55. The largest absolute Gasteiger partial charge is 0.379 e. The second-order valence-electron chi connectivity index (χ2n) is 5.21. The van der Waals surface area contributed by atoms with Gasteiger partial charge in [-0.1, -0.05) is 12.2 Å². The van der Waals surface area contributed by atoms with Gasteiger partial charge in [0, 0.05) is 6.61 Å². The number of rotatable bonds is 6. The van der Waals surface area contributed by atoms with Crippen molar-refractivity contribution in [2.24, 2.45) is 17.8 Å². The number of ether oxygens (including phenoxy) is 2. The van der Waals surface area contributed by atoms with Gasteiger partial charge in [0.25, 0.3) is 0 Å². The van der Waals surface area contributed by atoms with Crippen LogP contribution < -0.4 is 0 Å². The van der Waals surface area contributed by atoms with Crippen LogP contribution in [-0.2, 0) is 9.47 Å². The summed E-state index contributed by atoms with van der Waals surface area (Å²) >= 11 is 0. The van der Waals surface area contributed by atoms with E-state index in [9.17, 15) is 0 Å². The minimum absolute atomic E-state index is 0.426. The Hall–Kier alpha value is -0.340. The highest BCUT2D eigenvalue weighted by atomic mass is 16.6. The third kappa shape index (κ3) is 2.43. The summed E-state index contributed by atoms with van der Waals surface area (Å²) in [7, 11) is 0. The van der Waals surface area contributed by atoms with Crippen LogP contribution in [0.3, 0.4) is 0 Å². The number of allylic oxidation sites excluding steroid dienone is 2. The molecule has 1 heterocycles. The fourth-order valence-electron chi connectivity index (χ4n) is 3.05. The van der Waals surface area contributed by atoms with Crippen molar-refractivity contribution in [2.45, 2.75) is 31.8 Å². The van der Waals surface area contributed by atoms with Gasteiger partial charge in [0.05, 0.1) is 13.2 Å². The van der Waals surface area contributed by atoms with Crippen molar-refractivity contribution in [2.75, 3.05) is 19.8 Å². The molecule has 0 radical (unpaired) electrons. The van der Waals surface area contributed by atoms with E-state index in [4.69, 9.17) is 9.47 Å². The molecule has 1 aliphatic heterocycles. The number of hydrogen-bond acceptors (Lipinski definition) is 2. The molecule has 0 spiro atoms. The van der Waals surface area contributed by atoms with Gasteiger partial charge >= 0.3 is 0 Å². The van der Waals surface area contributed by atoms with Gasteiger partial charge in [-0.25, -0.2) is 0 Å². The van der Waals surface area contributed by atoms with Crippen molar-refractivity contribution in [3.63, 3.8) is 0 Å². The molecule has 0 amide bonds. The van der Waals surface area contributed by atoms with Crippen molar-refractivity contribution in [3.8, 4) is 0 Å². The van der Waals surface area contributed by atoms with E-state index in [2.05, 4.69) is 12.2 Å². The molecule has 4 atom stereocenters. The molecule has 84 valence electrons. The lowest BCUT2D eigenvalue weighted by Gasteiger charge is -2.17. The molecular formula is C13H20O2. The lowest BCUT2D eigenvalue weighted by Crippen LogP contribution is -2.09. The predicted octanol–water partition coefficient (Wildman–Crippen LogP) is 2.39. The molecule has 2 fully saturated rings. The van der Waals surface area contributed by atoms with E-state index in [1.54, 1.807) is 0 Å². The zero-order valence-electron chi connectivity index (χ0n) is 9.23. The fraction of sp³-hybridized carbons (Fsp3) is 0.846. The first kappa shape index (κ1) is 9.86. The standard InChI is InChI=1S/C13H20O2/c1(5-14-8-13-9-15-13)2-11-6-10-3-4-12(11)7-10/h3-4,10-13H,1-2,5-9H2. The molecule has 3 rings (SSSR count). The Bertz CT molecular complexity index is 245. The van der Waals surface area contributed by atoms with Gasteiger partial charge in [-0.3, -0.25) is 0 Å². The zero-order valence-corrected chi connectivity index (χ0v) is 9.23. The number of fused-ring (bicyclic) bond motifs is 2. The third-order valence-electron chi connectivity index (χ3n) is 3.99. The second kappa shape index (κ2) is 4.26. The van der Waals surface area contributed by atoms with Crippen molar-refractivity contribution >= 4 is 0 Å². The normalized spacial score (nSPS) is 41.3. The Kier molecular flexibility index (Phi) is 2.80. The summed E-state index contributed by atoms with van der Waals surface area (Å²) < 4.78 is 10.6. The quantitative estimate of drug-likeness (QED) is 0.380. The molecule has 0 aromatic carbocycles. The fourth-order valence-corrected chi connectivity index (χ4v) is 3.05. The molecule has 3 aliphatic rings. The summed E-state index contributed by atoms with van der Waals surface area (Å²) in [5, 5.41) is 0. The minimum Gasteiger partial charge on any atom is -0.379 e. The summed E-state index contributed by atoms with van der Waals surface area (Å²) in [6.07, 6.45) is 10.7. The summed E-state index contributed by atoms with van der Waals surface area (Å²) in [6.45, 7) is 2.66. The molecule has 15 heavy (non-hydrogen) atoms. The van der Waals surface area contributed by atoms with Gasteiger partial charge in [0.1, 0.15) is 6.10 Å². The van der Waals surface area contributed by atoms with E-state index < -0.39 is 0 Å². The summed E-state index contributed by atoms with van der Waals surface area (Å²) in [6, 6.07) is 0. The Labute approximate surface area is 91.6 Å². The van der Waals surface area contributed by atoms with Crippen LogP contribution >= 0.6 is 0 Å². The Morgan fingerprint density at radius 1 is 1.27 bits per heavy atom. The average Bonchev–Trinajstić information content (AvgIpc) is 2.84. The van der Waals surface area contributed by atoms with Gasteiger partial charge in [-0.15, -0.1) is 0 Å². The first-order chi connectivity index (χ1) is 7.42. The third-order valence-corrected chi connectivity index (χ3v) is 3.99. The van der Waals surface area contributed by atoms with Crippen molar-refractivity contribution in [1.82, 2.24) is 0 Å². The zero-order chi connectivity index (χ0) is 10.1. The molecule has 0 aromatic heterocycles. The highest BCUT2D eigenvalue weighted by molar-refractivity contribution is 5.09. The predicted molar refractivity (Wildman–Crippen MR) is 58.6 cm³/mol. The first-order valence-corrected chi connectivity index (χ1v) is 6.29. The van der Waals surface area contributed by atoms with Crippen LogP contribution in [0.4, 0.5) is 0 Å². The van der Waals surface area contributed by atoms with Crippen LogP contribution in [0.5, 0.6) is 0 Å². The molecule has 2 aliphatic carbocycles. The highest BCUT2D eigenvalue weighted by Gasteiger charge is 2.34. The van der Waals surface area contributed by atoms with Gasteiger partial charge in [0.2, 0.25) is 0 Å². The van der Waals surface area contributed by atoms with E-state index in [0.717, 1.165) is 37.6 Å². The SMILES string of the molecule is C1=CC2CC1CC2CCCOCC1CO1. The van der Waals surface area contributed by atoms with Crippen molar-refractivity contribution < 1.29 is 9.47 Å². The number of epoxide rings is 1. The van der Waals surface area contributed by atoms with E-state index in [0.29, 0.717) is 6.10 Å². The van der Waals surface area contributed by atoms with E-state index in [1.165, 1.54) is 25.7 Å². The van der Waals surface area contributed by atoms with Crippen molar-refractivity contribution in [1.29, 1.82) is 0 Å². The van der Waals surface area contributed by atoms with Crippen LogP contribution in [-0.4, -0.2) is 25.9 Å². The van der Waals surface area contributed by atoms with E-state index >= 15 is 0 Å². The molecular weight excluding hydrogens is 188 g/mol. The summed E-state index contributed by atoms with van der Waals surface area (Å²) in [4.78, 5) is 0. The topological polar surface area (TPSA) is 21.8 Å². The molecule has 1 saturated heterocycles. The smallest absolute Gasteiger partial charge is 0.104 e. The van der Waals surface area contributed by atoms with Crippen LogP contribution in [0, 0.1) is 17.8 Å². The summed E-state index contributed by atoms with van der Waals surface area (Å²) in [5.41, 5.74) is 0. The molecule has 4 unspecified atom stereocenters. The van der Waals surface area contributed by atoms with Gasteiger partial charge < -0.3 is 9.47 Å². The molecule has 0 aromatic rings. The average molecular weight is 208 g/mol. The lowest BCUT2D eigenvalue weighted by molar-refractivity contribution is 0.109. The van der Waals surface area contributed by atoms with Crippen molar-refractivity contribution in [3.05, 3.63) is 12.2 Å². The van der Waals surface area contributed by atoms with E-state index in [1.807, 2.05) is 0 Å². The van der Waals surface area contributed by atoms with Crippen LogP contribution in [0.25, 0.3) is 0 Å². The molecule has 0 N–H and O–H groups in total. The Morgan fingerprint density at radius 3 is 2.87 bits per heavy atom. The van der Waals surface area contributed by atoms with Gasteiger partial charge in [-0.2, -0.15) is 0 Å². The Morgan fingerprint density at radius 2 is 2.20 bits per heavy atom. The summed E-state index contributed by atoms with van der Waals surface area (Å²) in [5.74, 6) is 2.78. The monoisotopic (exact) mass is 208 g/mol. The van der Waals surface area contributed by atoms with Gasteiger partial charge in [-0.05, 0) is 43.4 Å². The minimum atomic E-state index is 0.426. The highest BCUT2D eigenvalue weighted by Crippen LogP contribution is 2.45. The number of hydrogen-bond donors (Lipinski definition) is 0. The van der Waals surface area contributed by atoms with Gasteiger partial charge in [0.15, 0.2) is 0 Å². The first-order valence-electron chi connectivity index (χ1n) is 6.29. The molecule has 2 bridgehead atoms. The molecule has 2 nitrogen and oxygen atoms in total. The van der Waals surface area contributed by atoms with Crippen LogP contribution in [0.15, 0.2) is 12.2 Å². The maximum Gasteiger partial charge on any atom is 0.104 e. The van der Waals surface area contributed by atoms with Crippen LogP contribution in [0.2, 0.25) is 0 Å². The lowest BCUT2D eigenvalue weighted by atomic mass is 9.89. The second-order valence-corrected chi connectivity index (χ2v) is 5.21. The van der Waals surface area contributed by atoms with E-state index in [-0.39, 0.29) is 0 Å². The maximum atomic E-state index is 5.55. The Balaban J connectivity index is 1.28.